The lowest BCUT2D eigenvalue weighted by molar-refractivity contribution is 0.328. The standard InChI is InChI=1S/3H2O3Si.2H3P/c3*1-4(2)3;;/h3*1-2H;2*1H3. The molecule has 0 amide bonds. The Morgan fingerprint density at radius 1 is 0.500 bits per heavy atom. The number of hydrogen-bond acceptors (Lipinski definition) is 3. The van der Waals surface area contributed by atoms with Gasteiger partial charge >= 0.3 is 27.5 Å². The first-order valence-corrected chi connectivity index (χ1v) is 5.86. The van der Waals surface area contributed by atoms with Crippen LogP contribution < -0.4 is 0 Å². The lowest BCUT2D eigenvalue weighted by Gasteiger charge is -1.55. The lowest BCUT2D eigenvalue weighted by atomic mass is 15.8. The van der Waals surface area contributed by atoms with E-state index in [2.05, 4.69) is 0 Å². The monoisotopic (exact) mass is 302 g/mol. The summed E-state index contributed by atoms with van der Waals surface area (Å²) in [6, 6.07) is 0. The zero-order chi connectivity index (χ0) is 10.7. The molecule has 0 aliphatic heterocycles. The highest BCUT2D eigenvalue weighted by atomic mass is 31.0. The van der Waals surface area contributed by atoms with Crippen molar-refractivity contribution in [3.63, 3.8) is 0 Å². The van der Waals surface area contributed by atoms with E-state index >= 15 is 0 Å². The van der Waals surface area contributed by atoms with Crippen LogP contribution in [0.1, 0.15) is 0 Å². The van der Waals surface area contributed by atoms with Crippen molar-refractivity contribution in [2.24, 2.45) is 0 Å². The minimum absolute atomic E-state index is 0. The van der Waals surface area contributed by atoms with Crippen molar-refractivity contribution >= 4 is 47.3 Å². The molecule has 14 heavy (non-hydrogen) atoms. The summed E-state index contributed by atoms with van der Waals surface area (Å²) in [5.74, 6) is 0. The van der Waals surface area contributed by atoms with Gasteiger partial charge in [0.25, 0.3) is 0 Å². The van der Waals surface area contributed by atoms with Gasteiger partial charge in [0.15, 0.2) is 0 Å². The largest absolute Gasteiger partial charge is 0.761 e. The summed E-state index contributed by atoms with van der Waals surface area (Å²) >= 11 is 0. The van der Waals surface area contributed by atoms with E-state index in [9.17, 15) is 0 Å². The van der Waals surface area contributed by atoms with Gasteiger partial charge in [0.2, 0.25) is 0 Å². The first-order chi connectivity index (χ1) is 5.20. The molecule has 0 rings (SSSR count). The van der Waals surface area contributed by atoms with Gasteiger partial charge in [0, 0.05) is 0 Å². The fraction of sp³-hybridized carbons (Fsp3) is 0. The molecule has 0 fully saturated rings. The number of rotatable bonds is 0. The normalized spacial score (nSPS) is 5.14. The second kappa shape index (κ2) is 23.0. The van der Waals surface area contributed by atoms with Crippen LogP contribution in [0.3, 0.4) is 0 Å². The van der Waals surface area contributed by atoms with Crippen molar-refractivity contribution in [3.05, 3.63) is 0 Å². The highest BCUT2D eigenvalue weighted by molar-refractivity contribution is 6.92. The fourth-order valence-corrected chi connectivity index (χ4v) is 0. The first-order valence-electron chi connectivity index (χ1n) is 1.95. The summed E-state index contributed by atoms with van der Waals surface area (Å²) in [6.07, 6.45) is 0. The van der Waals surface area contributed by atoms with Crippen LogP contribution in [0.2, 0.25) is 0 Å². The second-order valence-electron chi connectivity index (χ2n) is 0.848. The SMILES string of the molecule is O=[Si](O)O.O=[Si](O)O.O=[Si](O)O.P.P. The van der Waals surface area contributed by atoms with Gasteiger partial charge in [-0.1, -0.05) is 0 Å². The minimum Gasteiger partial charge on any atom is -0.511 e. The van der Waals surface area contributed by atoms with Crippen molar-refractivity contribution in [2.75, 3.05) is 0 Å². The van der Waals surface area contributed by atoms with Crippen LogP contribution in [0.4, 0.5) is 0 Å². The highest BCUT2D eigenvalue weighted by Crippen LogP contribution is 1.27. The molecule has 2 unspecified atom stereocenters. The van der Waals surface area contributed by atoms with E-state index in [1.807, 2.05) is 0 Å². The molecular weight excluding hydrogens is 290 g/mol. The summed E-state index contributed by atoms with van der Waals surface area (Å²) in [6.45, 7) is 0. The zero-order valence-electron chi connectivity index (χ0n) is 6.82. The summed E-state index contributed by atoms with van der Waals surface area (Å²) in [7, 11) is -9.39. The fourth-order valence-electron chi connectivity index (χ4n) is 0. The molecule has 0 saturated carbocycles. The van der Waals surface area contributed by atoms with Crippen molar-refractivity contribution < 1.29 is 42.2 Å². The number of hydrogen-bond donors (Lipinski definition) is 6. The van der Waals surface area contributed by atoms with E-state index in [1.165, 1.54) is 0 Å². The van der Waals surface area contributed by atoms with Gasteiger partial charge in [0.1, 0.15) is 0 Å². The molecule has 0 aromatic heterocycles. The minimum atomic E-state index is -3.13. The van der Waals surface area contributed by atoms with E-state index in [-0.39, 0.29) is 19.8 Å². The van der Waals surface area contributed by atoms with E-state index in [4.69, 9.17) is 42.2 Å². The maximum absolute atomic E-state index is 8.74. The van der Waals surface area contributed by atoms with Crippen molar-refractivity contribution in [1.82, 2.24) is 0 Å². The summed E-state index contributed by atoms with van der Waals surface area (Å²) in [4.78, 5) is 42.9. The third-order valence-corrected chi connectivity index (χ3v) is 0. The highest BCUT2D eigenvalue weighted by Gasteiger charge is 1.85. The predicted octanol–water partition coefficient (Wildman–Crippen LogP) is -4.72. The maximum atomic E-state index is 8.74. The van der Waals surface area contributed by atoms with Gasteiger partial charge in [-0.3, -0.25) is 13.4 Å². The molecule has 88 valence electrons. The Kier molecular flexibility index (Phi) is 47.9. The predicted molar refractivity (Wildman–Crippen MR) is 54.8 cm³/mol. The Balaban J connectivity index is -0.0000000270. The van der Waals surface area contributed by atoms with Crippen molar-refractivity contribution in [2.45, 2.75) is 0 Å². The summed E-state index contributed by atoms with van der Waals surface area (Å²) in [5, 5.41) is 0. The molecule has 14 heteroatoms. The molecule has 0 aromatic carbocycles. The molecule has 6 N–H and O–H groups in total. The van der Waals surface area contributed by atoms with Crippen LogP contribution in [0, 0.1) is 0 Å². The van der Waals surface area contributed by atoms with Gasteiger partial charge < -0.3 is 28.8 Å². The Morgan fingerprint density at radius 3 is 0.500 bits per heavy atom. The third kappa shape index (κ3) is 16000. The van der Waals surface area contributed by atoms with E-state index in [0.717, 1.165) is 0 Å². The second-order valence-corrected chi connectivity index (χ2v) is 2.54. The van der Waals surface area contributed by atoms with Gasteiger partial charge in [-0.05, 0) is 0 Å². The van der Waals surface area contributed by atoms with Crippen LogP contribution in [0.5, 0.6) is 0 Å². The average Bonchev–Trinajstić information content (AvgIpc) is 1.54. The Labute approximate surface area is 90.0 Å². The molecule has 0 aliphatic carbocycles. The van der Waals surface area contributed by atoms with Gasteiger partial charge in [-0.25, -0.2) is 0 Å². The average molecular weight is 302 g/mol. The van der Waals surface area contributed by atoms with Crippen molar-refractivity contribution in [1.29, 1.82) is 0 Å². The van der Waals surface area contributed by atoms with E-state index in [0.29, 0.717) is 0 Å². The molecule has 0 aromatic rings. The molecule has 9 nitrogen and oxygen atoms in total. The van der Waals surface area contributed by atoms with Gasteiger partial charge in [0.05, 0.1) is 0 Å². The molecule has 0 bridgehead atoms. The van der Waals surface area contributed by atoms with Crippen molar-refractivity contribution in [3.8, 4) is 0 Å². The van der Waals surface area contributed by atoms with Gasteiger partial charge in [-0.15, -0.1) is 0 Å². The Bertz CT molecular complexity index is 116. The van der Waals surface area contributed by atoms with Gasteiger partial charge in [-0.2, -0.15) is 19.8 Å². The van der Waals surface area contributed by atoms with Crippen LogP contribution in [-0.2, 0) is 13.4 Å². The Morgan fingerprint density at radius 2 is 0.500 bits per heavy atom. The smallest absolute Gasteiger partial charge is 0.511 e. The zero-order valence-corrected chi connectivity index (χ0v) is 12.7. The summed E-state index contributed by atoms with van der Waals surface area (Å²) < 4.78 is 26.2. The topological polar surface area (TPSA) is 173 Å². The van der Waals surface area contributed by atoms with Crippen LogP contribution in [0.15, 0.2) is 0 Å². The Hall–Kier alpha value is -0.289. The first kappa shape index (κ1) is 29.2. The molecule has 0 heterocycles. The van der Waals surface area contributed by atoms with Crippen LogP contribution in [-0.4, -0.2) is 56.3 Å². The lowest BCUT2D eigenvalue weighted by Crippen LogP contribution is -1.90. The maximum Gasteiger partial charge on any atom is 0.761 e. The molecule has 0 spiro atoms. The third-order valence-electron chi connectivity index (χ3n) is 0. The molecular formula is H12O9P2Si3. The van der Waals surface area contributed by atoms with E-state index in [1.54, 1.807) is 0 Å². The van der Waals surface area contributed by atoms with Crippen LogP contribution in [0.25, 0.3) is 0 Å². The molecule has 0 saturated heterocycles. The molecule has 0 radical (unpaired) electrons. The molecule has 0 aliphatic rings. The molecule has 2 atom stereocenters. The van der Waals surface area contributed by atoms with E-state index < -0.39 is 27.5 Å². The van der Waals surface area contributed by atoms with Crippen LogP contribution >= 0.6 is 19.8 Å². The summed E-state index contributed by atoms with van der Waals surface area (Å²) in [5.41, 5.74) is 0. The quantitative estimate of drug-likeness (QED) is 0.190.